The van der Waals surface area contributed by atoms with Gasteiger partial charge in [0.1, 0.15) is 5.67 Å². The molecule has 4 nitrogen and oxygen atoms in total. The Kier molecular flexibility index (Phi) is 3.00. The van der Waals surface area contributed by atoms with Crippen molar-refractivity contribution in [3.63, 3.8) is 0 Å². The van der Waals surface area contributed by atoms with Crippen LogP contribution in [0.1, 0.15) is 30.7 Å². The van der Waals surface area contributed by atoms with E-state index in [0.29, 0.717) is 6.42 Å². The predicted octanol–water partition coefficient (Wildman–Crippen LogP) is 1.67. The van der Waals surface area contributed by atoms with Gasteiger partial charge in [0, 0.05) is 24.4 Å². The highest BCUT2D eigenvalue weighted by atomic mass is 32.2. The number of piperidine rings is 2. The van der Waals surface area contributed by atoms with Crippen LogP contribution in [0.25, 0.3) is 0 Å². The second kappa shape index (κ2) is 4.52. The first-order valence-electron chi connectivity index (χ1n) is 7.71. The van der Waals surface area contributed by atoms with E-state index in [9.17, 15) is 17.9 Å². The number of fused-ring (bicyclic) bond motifs is 2. The van der Waals surface area contributed by atoms with Crippen LogP contribution in [0.15, 0.2) is 30.3 Å². The molecule has 2 bridgehead atoms. The van der Waals surface area contributed by atoms with Crippen LogP contribution in [-0.2, 0) is 10.0 Å². The number of aliphatic hydroxyl groups excluding tert-OH is 1. The fourth-order valence-corrected chi connectivity index (χ4v) is 6.62. The molecule has 2 unspecified atom stereocenters. The Morgan fingerprint density at radius 1 is 1.23 bits per heavy atom. The lowest BCUT2D eigenvalue weighted by Gasteiger charge is -2.58. The van der Waals surface area contributed by atoms with Crippen molar-refractivity contribution in [2.24, 2.45) is 5.41 Å². The highest BCUT2D eigenvalue weighted by Crippen LogP contribution is 2.57. The van der Waals surface area contributed by atoms with Crippen LogP contribution in [0.4, 0.5) is 4.39 Å². The van der Waals surface area contributed by atoms with E-state index in [4.69, 9.17) is 0 Å². The molecule has 4 fully saturated rings. The zero-order chi connectivity index (χ0) is 15.6. The topological polar surface area (TPSA) is 57.6 Å². The first-order valence-corrected chi connectivity index (χ1v) is 9.22. The van der Waals surface area contributed by atoms with Crippen molar-refractivity contribution in [1.29, 1.82) is 0 Å². The van der Waals surface area contributed by atoms with Crippen LogP contribution in [0.2, 0.25) is 0 Å². The van der Waals surface area contributed by atoms with Gasteiger partial charge in [0.05, 0.1) is 11.9 Å². The molecule has 2 saturated carbocycles. The van der Waals surface area contributed by atoms with Gasteiger partial charge in [-0.3, -0.25) is 0 Å². The molecule has 5 rings (SSSR count). The van der Waals surface area contributed by atoms with Gasteiger partial charge in [-0.05, 0) is 24.8 Å². The molecule has 6 heteroatoms. The molecule has 0 amide bonds. The largest absolute Gasteiger partial charge is 0.396 e. The van der Waals surface area contributed by atoms with Crippen molar-refractivity contribution >= 4 is 10.0 Å². The minimum Gasteiger partial charge on any atom is -0.396 e. The molecule has 2 saturated heterocycles. The van der Waals surface area contributed by atoms with Crippen molar-refractivity contribution in [3.05, 3.63) is 35.9 Å². The van der Waals surface area contributed by atoms with Crippen molar-refractivity contribution in [2.45, 2.75) is 36.1 Å². The Morgan fingerprint density at radius 3 is 2.55 bits per heavy atom. The summed E-state index contributed by atoms with van der Waals surface area (Å²) >= 11 is 0. The predicted molar refractivity (Wildman–Crippen MR) is 80.7 cm³/mol. The summed E-state index contributed by atoms with van der Waals surface area (Å²) in [6, 6.07) is 9.61. The lowest BCUT2D eigenvalue weighted by atomic mass is 9.58. The van der Waals surface area contributed by atoms with Crippen LogP contribution in [-0.4, -0.2) is 48.4 Å². The molecule has 120 valence electrons. The third-order valence-corrected chi connectivity index (χ3v) is 7.66. The van der Waals surface area contributed by atoms with E-state index in [1.54, 1.807) is 0 Å². The van der Waals surface area contributed by atoms with Gasteiger partial charge in [-0.1, -0.05) is 30.3 Å². The van der Waals surface area contributed by atoms with Crippen molar-refractivity contribution in [2.75, 3.05) is 19.7 Å². The fourth-order valence-electron chi connectivity index (χ4n) is 4.35. The molecule has 1 N–H and O–H groups in total. The summed E-state index contributed by atoms with van der Waals surface area (Å²) in [5.74, 6) is 0.0186. The van der Waals surface area contributed by atoms with E-state index in [-0.39, 0.29) is 38.5 Å². The van der Waals surface area contributed by atoms with E-state index < -0.39 is 26.4 Å². The summed E-state index contributed by atoms with van der Waals surface area (Å²) in [4.78, 5) is 0. The molecule has 0 aromatic heterocycles. The van der Waals surface area contributed by atoms with Crippen LogP contribution < -0.4 is 0 Å². The van der Waals surface area contributed by atoms with Crippen molar-refractivity contribution in [3.8, 4) is 0 Å². The van der Waals surface area contributed by atoms with Gasteiger partial charge in [-0.25, -0.2) is 12.8 Å². The quantitative estimate of drug-likeness (QED) is 0.916. The third-order valence-electron chi connectivity index (χ3n) is 5.39. The minimum atomic E-state index is -3.49. The number of hydrogen-bond donors (Lipinski definition) is 1. The Hall–Kier alpha value is -0.980. The van der Waals surface area contributed by atoms with Gasteiger partial charge in [0.15, 0.2) is 0 Å². The van der Waals surface area contributed by atoms with E-state index in [1.807, 2.05) is 30.3 Å². The smallest absolute Gasteiger partial charge is 0.217 e. The standard InChI is InChI=1S/C16H20FNO3S/c17-16-7-15(8-16,11-19)9-18(10-16)22(20,21)14-6-13(14)12-4-2-1-3-5-12/h1-5,13-14,19H,6-11H2. The zero-order valence-electron chi connectivity index (χ0n) is 12.3. The van der Waals surface area contributed by atoms with Gasteiger partial charge >= 0.3 is 0 Å². The van der Waals surface area contributed by atoms with Crippen molar-refractivity contribution < 1.29 is 17.9 Å². The number of nitrogens with zero attached hydrogens (tertiary/aromatic N) is 1. The summed E-state index contributed by atoms with van der Waals surface area (Å²) < 4.78 is 41.3. The maximum atomic E-state index is 14.4. The molecular formula is C16H20FNO3S. The summed E-state index contributed by atoms with van der Waals surface area (Å²) in [6.45, 7) is 0.0715. The average molecular weight is 325 g/mol. The lowest BCUT2D eigenvalue weighted by Crippen LogP contribution is -2.67. The Labute approximate surface area is 130 Å². The average Bonchev–Trinajstić information content (AvgIpc) is 3.28. The number of aliphatic hydroxyl groups is 1. The van der Waals surface area contributed by atoms with Crippen LogP contribution in [0.5, 0.6) is 0 Å². The van der Waals surface area contributed by atoms with E-state index in [0.717, 1.165) is 5.56 Å². The number of benzene rings is 1. The monoisotopic (exact) mass is 325 g/mol. The third kappa shape index (κ3) is 2.12. The number of rotatable bonds is 4. The Morgan fingerprint density at radius 2 is 1.91 bits per heavy atom. The van der Waals surface area contributed by atoms with Gasteiger partial charge in [-0.15, -0.1) is 0 Å². The summed E-state index contributed by atoms with van der Waals surface area (Å²) in [5.41, 5.74) is -0.965. The van der Waals surface area contributed by atoms with Gasteiger partial charge in [0.2, 0.25) is 10.0 Å². The number of alkyl halides is 1. The maximum Gasteiger partial charge on any atom is 0.217 e. The van der Waals surface area contributed by atoms with E-state index >= 15 is 0 Å². The van der Waals surface area contributed by atoms with Crippen molar-refractivity contribution in [1.82, 2.24) is 4.31 Å². The van der Waals surface area contributed by atoms with Gasteiger partial charge in [0.25, 0.3) is 0 Å². The number of sulfonamides is 1. The maximum absolute atomic E-state index is 14.4. The molecule has 4 aliphatic rings. The first-order chi connectivity index (χ1) is 10.4. The van der Waals surface area contributed by atoms with Crippen LogP contribution in [0.3, 0.4) is 0 Å². The molecule has 2 aliphatic heterocycles. The molecule has 1 aromatic carbocycles. The normalized spacial score (nSPS) is 41.0. The Bertz CT molecular complexity index is 685. The SMILES string of the molecule is O=S(=O)(C1CC1c1ccccc1)N1CC2(F)CC(CO)(C1)C2. The molecular weight excluding hydrogens is 305 g/mol. The molecule has 22 heavy (non-hydrogen) atoms. The molecule has 1 aromatic rings. The second-order valence-corrected chi connectivity index (χ2v) is 9.42. The van der Waals surface area contributed by atoms with E-state index in [2.05, 4.69) is 0 Å². The summed E-state index contributed by atoms with van der Waals surface area (Å²) in [7, 11) is -3.49. The van der Waals surface area contributed by atoms with Gasteiger partial charge < -0.3 is 5.11 Å². The second-order valence-electron chi connectivity index (χ2n) is 7.27. The Balaban J connectivity index is 1.53. The highest BCUT2D eigenvalue weighted by Gasteiger charge is 2.64. The molecule has 2 heterocycles. The first kappa shape index (κ1) is 14.6. The molecule has 0 spiro atoms. The summed E-state index contributed by atoms with van der Waals surface area (Å²) in [6.07, 6.45) is 1.18. The lowest BCUT2D eigenvalue weighted by molar-refractivity contribution is -0.146. The molecule has 2 atom stereocenters. The summed E-state index contributed by atoms with van der Waals surface area (Å²) in [5, 5.41) is 9.04. The number of hydrogen-bond acceptors (Lipinski definition) is 3. The zero-order valence-corrected chi connectivity index (χ0v) is 13.1. The highest BCUT2D eigenvalue weighted by molar-refractivity contribution is 7.90. The van der Waals surface area contributed by atoms with Crippen LogP contribution in [0, 0.1) is 5.41 Å². The minimum absolute atomic E-state index is 0.0186. The number of halogens is 1. The molecule has 2 aliphatic carbocycles. The molecule has 0 radical (unpaired) electrons. The van der Waals surface area contributed by atoms with E-state index in [1.165, 1.54) is 4.31 Å². The van der Waals surface area contributed by atoms with Crippen LogP contribution >= 0.6 is 0 Å². The fraction of sp³-hybridized carbons (Fsp3) is 0.625. The van der Waals surface area contributed by atoms with Gasteiger partial charge in [-0.2, -0.15) is 4.31 Å².